The molecule has 4 heterocycles. The summed E-state index contributed by atoms with van der Waals surface area (Å²) in [5.74, 6) is -1.48. The minimum absolute atomic E-state index is 0.0968. The van der Waals surface area contributed by atoms with Crippen molar-refractivity contribution < 1.29 is 24.2 Å². The average Bonchev–Trinajstić information content (AvgIpc) is 3.81. The number of anilines is 1. The Kier molecular flexibility index (Phi) is 10.0. The Morgan fingerprint density at radius 1 is 1.15 bits per heavy atom. The molecule has 2 aromatic carbocycles. The largest absolute Gasteiger partial charge is 0.494 e. The lowest BCUT2D eigenvalue weighted by atomic mass is 9.70. The van der Waals surface area contributed by atoms with Gasteiger partial charge in [0.05, 0.1) is 41.4 Å². The number of amides is 3. The highest BCUT2D eigenvalue weighted by Crippen LogP contribution is 2.68. The summed E-state index contributed by atoms with van der Waals surface area (Å²) in [6.07, 6.45) is 4.30. The summed E-state index contributed by atoms with van der Waals surface area (Å²) in [7, 11) is 0. The van der Waals surface area contributed by atoms with Gasteiger partial charge in [-0.15, -0.1) is 30.0 Å². The van der Waals surface area contributed by atoms with Crippen LogP contribution in [0, 0.1) is 11.8 Å². The van der Waals surface area contributed by atoms with Crippen molar-refractivity contribution in [2.45, 2.75) is 60.3 Å². The molecule has 3 unspecified atom stereocenters. The molecule has 1 aromatic heterocycles. The van der Waals surface area contributed by atoms with Crippen molar-refractivity contribution in [2.24, 2.45) is 11.8 Å². The van der Waals surface area contributed by atoms with Crippen LogP contribution in [0.4, 0.5) is 5.69 Å². The van der Waals surface area contributed by atoms with Crippen LogP contribution in [0.2, 0.25) is 0 Å². The molecule has 0 aliphatic carbocycles. The number of aliphatic hydroxyl groups is 1. The fraction of sp³-hybridized carbons (Fsp3) is 0.457. The third kappa shape index (κ3) is 5.63. The van der Waals surface area contributed by atoms with E-state index in [1.165, 1.54) is 0 Å². The van der Waals surface area contributed by atoms with Crippen LogP contribution in [0.15, 0.2) is 73.8 Å². The minimum atomic E-state index is -0.909. The molecule has 6 rings (SSSR count). The third-order valence-electron chi connectivity index (χ3n) is 9.74. The zero-order valence-electron chi connectivity index (χ0n) is 27.2. The van der Waals surface area contributed by atoms with Gasteiger partial charge in [-0.05, 0) is 56.2 Å². The van der Waals surface area contributed by atoms with Crippen LogP contribution in [-0.4, -0.2) is 101 Å². The van der Waals surface area contributed by atoms with E-state index in [-0.39, 0.29) is 54.2 Å². The molecular formula is C35H41BrN6O5S. The number of halogens is 1. The first-order valence-electron chi connectivity index (χ1n) is 16.3. The van der Waals surface area contributed by atoms with E-state index in [2.05, 4.69) is 39.4 Å². The van der Waals surface area contributed by atoms with E-state index in [4.69, 9.17) is 4.74 Å². The van der Waals surface area contributed by atoms with E-state index >= 15 is 0 Å². The van der Waals surface area contributed by atoms with Crippen molar-refractivity contribution in [3.63, 3.8) is 0 Å². The average molecular weight is 738 g/mol. The first kappa shape index (κ1) is 34.2. The molecule has 3 aliphatic heterocycles. The van der Waals surface area contributed by atoms with Gasteiger partial charge in [-0.25, -0.2) is 4.68 Å². The highest BCUT2D eigenvalue weighted by Gasteiger charge is 2.76. The molecule has 3 aliphatic rings. The van der Waals surface area contributed by atoms with Crippen LogP contribution in [-0.2, 0) is 21.1 Å². The fourth-order valence-corrected chi connectivity index (χ4v) is 11.3. The van der Waals surface area contributed by atoms with Crippen LogP contribution in [0.5, 0.6) is 5.75 Å². The molecule has 0 saturated carbocycles. The Morgan fingerprint density at radius 3 is 2.54 bits per heavy atom. The predicted octanol–water partition coefficient (Wildman–Crippen LogP) is 4.26. The van der Waals surface area contributed by atoms with E-state index in [9.17, 15) is 19.5 Å². The molecule has 1 spiro atoms. The van der Waals surface area contributed by atoms with Crippen molar-refractivity contribution in [3.8, 4) is 5.75 Å². The van der Waals surface area contributed by atoms with Gasteiger partial charge in [0.1, 0.15) is 24.0 Å². The first-order valence-corrected chi connectivity index (χ1v) is 18.1. The molecule has 7 atom stereocenters. The number of ether oxygens (including phenoxy) is 1. The monoisotopic (exact) mass is 736 g/mol. The second-order valence-corrected chi connectivity index (χ2v) is 15.1. The van der Waals surface area contributed by atoms with Crippen LogP contribution in [0.3, 0.4) is 0 Å². The summed E-state index contributed by atoms with van der Waals surface area (Å²) in [5.41, 5.74) is 2.15. The molecule has 254 valence electrons. The number of aromatic nitrogens is 3. The summed E-state index contributed by atoms with van der Waals surface area (Å²) in [6, 6.07) is 13.3. The summed E-state index contributed by atoms with van der Waals surface area (Å²) >= 11 is 5.44. The van der Waals surface area contributed by atoms with Gasteiger partial charge >= 0.3 is 0 Å². The predicted molar refractivity (Wildman–Crippen MR) is 190 cm³/mol. The fourth-order valence-electron chi connectivity index (χ4n) is 7.69. The number of carbonyl (C=O) groups excluding carboxylic acids is 3. The maximum Gasteiger partial charge on any atom is 0.248 e. The quantitative estimate of drug-likeness (QED) is 0.193. The molecule has 3 amide bonds. The van der Waals surface area contributed by atoms with Crippen LogP contribution < -0.4 is 9.64 Å². The highest BCUT2D eigenvalue weighted by atomic mass is 79.9. The minimum Gasteiger partial charge on any atom is -0.494 e. The van der Waals surface area contributed by atoms with Crippen molar-refractivity contribution in [1.82, 2.24) is 24.8 Å². The van der Waals surface area contributed by atoms with E-state index in [1.807, 2.05) is 62.4 Å². The number of thioether (sulfide) groups is 1. The molecule has 11 nitrogen and oxygen atoms in total. The van der Waals surface area contributed by atoms with Crippen LogP contribution in [0.25, 0.3) is 11.0 Å². The lowest BCUT2D eigenvalue weighted by molar-refractivity contribution is -0.146. The SMILES string of the molecule is C=CCN(Cn1nnc2ccccc21)C(=O)C1N([C@@H](CC)CO)C(=O)[C@@H]2[C@H](C(=O)N(CC=C)c3ccc(OCC)cc3)[C@H]3SC12CC3Br. The number of rotatable bonds is 14. The summed E-state index contributed by atoms with van der Waals surface area (Å²) < 4.78 is 6.39. The van der Waals surface area contributed by atoms with Gasteiger partial charge in [0.2, 0.25) is 17.7 Å². The number of aliphatic hydroxyl groups excluding tert-OH is 1. The van der Waals surface area contributed by atoms with Gasteiger partial charge in [-0.3, -0.25) is 14.4 Å². The number of nitrogens with zero attached hydrogens (tertiary/aromatic N) is 6. The molecular weight excluding hydrogens is 696 g/mol. The molecule has 1 N–H and O–H groups in total. The maximum absolute atomic E-state index is 14.9. The number of fused-ring (bicyclic) bond motifs is 2. The highest BCUT2D eigenvalue weighted by molar-refractivity contribution is 9.09. The number of hydrogen-bond acceptors (Lipinski definition) is 8. The zero-order valence-corrected chi connectivity index (χ0v) is 29.6. The molecule has 3 fully saturated rings. The third-order valence-corrected chi connectivity index (χ3v) is 13.0. The van der Waals surface area contributed by atoms with Crippen molar-refractivity contribution >= 4 is 62.1 Å². The Morgan fingerprint density at radius 2 is 1.88 bits per heavy atom. The summed E-state index contributed by atoms with van der Waals surface area (Å²) in [6.45, 7) is 12.4. The lowest BCUT2D eigenvalue weighted by Crippen LogP contribution is -2.58. The molecule has 3 aromatic rings. The Bertz CT molecular complexity index is 1700. The topological polar surface area (TPSA) is 121 Å². The second-order valence-electron chi connectivity index (χ2n) is 12.4. The Hall–Kier alpha value is -3.68. The number of hydrogen-bond donors (Lipinski definition) is 1. The van der Waals surface area contributed by atoms with E-state index in [1.54, 1.807) is 43.3 Å². The zero-order chi connectivity index (χ0) is 34.2. The summed E-state index contributed by atoms with van der Waals surface area (Å²) in [4.78, 5) is 49.1. The van der Waals surface area contributed by atoms with Gasteiger partial charge in [0, 0.05) is 28.9 Å². The van der Waals surface area contributed by atoms with E-state index in [0.29, 0.717) is 36.4 Å². The molecule has 2 bridgehead atoms. The van der Waals surface area contributed by atoms with Gasteiger partial charge in [-0.2, -0.15) is 0 Å². The smallest absolute Gasteiger partial charge is 0.248 e. The van der Waals surface area contributed by atoms with Crippen molar-refractivity contribution in [1.29, 1.82) is 0 Å². The number of likely N-dealkylation sites (tertiary alicyclic amines) is 1. The van der Waals surface area contributed by atoms with E-state index in [0.717, 1.165) is 5.52 Å². The number of para-hydroxylation sites is 1. The van der Waals surface area contributed by atoms with Gasteiger partial charge in [-0.1, -0.05) is 52.4 Å². The van der Waals surface area contributed by atoms with Gasteiger partial charge < -0.3 is 24.5 Å². The molecule has 13 heteroatoms. The first-order chi connectivity index (χ1) is 23.2. The normalized spacial score (nSPS) is 26.4. The van der Waals surface area contributed by atoms with Crippen LogP contribution in [0.1, 0.15) is 26.7 Å². The maximum atomic E-state index is 14.9. The Balaban J connectivity index is 1.39. The standard InChI is InChI=1S/C35H41BrN6O5S/c1-5-17-39(21-41-27-12-10-9-11-26(27)37-38-41)34(46)31-35-19-25(36)30(48-35)28(29(35)33(45)42(31)22(7-3)20-43)32(44)40(18-6-2)23-13-15-24(16-14-23)47-8-4/h5-6,9-16,22,25,28-31,43H,1-2,7-8,17-21H2,3-4H3/t22-,25?,28-,29-,30-,31?,35?/m0/s1. The van der Waals surface area contributed by atoms with Gasteiger partial charge in [0.25, 0.3) is 0 Å². The number of benzene rings is 2. The number of carbonyl (C=O) groups is 3. The van der Waals surface area contributed by atoms with Crippen molar-refractivity contribution in [3.05, 3.63) is 73.8 Å². The molecule has 48 heavy (non-hydrogen) atoms. The van der Waals surface area contributed by atoms with E-state index < -0.39 is 28.7 Å². The Labute approximate surface area is 293 Å². The van der Waals surface area contributed by atoms with Gasteiger partial charge in [0.15, 0.2) is 0 Å². The number of alkyl halides is 1. The second kappa shape index (κ2) is 14.0. The van der Waals surface area contributed by atoms with Crippen molar-refractivity contribution in [2.75, 3.05) is 31.2 Å². The molecule has 0 radical (unpaired) electrons. The van der Waals surface area contributed by atoms with Crippen LogP contribution >= 0.6 is 27.7 Å². The lowest BCUT2D eigenvalue weighted by Gasteiger charge is -2.39. The summed E-state index contributed by atoms with van der Waals surface area (Å²) in [5, 5.41) is 18.9. The molecule has 3 saturated heterocycles.